The van der Waals surface area contributed by atoms with Gasteiger partial charge in [0.15, 0.2) is 0 Å². The molecule has 0 atom stereocenters. The van der Waals surface area contributed by atoms with Crippen molar-refractivity contribution in [3.8, 4) is 11.1 Å². The number of imidazole rings is 1. The maximum Gasteiger partial charge on any atom is 0.143 e. The number of nitrogens with zero attached hydrogens (tertiary/aromatic N) is 3. The lowest BCUT2D eigenvalue weighted by Gasteiger charge is -2.01. The molecular formula is C13H13N3. The summed E-state index contributed by atoms with van der Waals surface area (Å²) in [7, 11) is 2.04. The van der Waals surface area contributed by atoms with Gasteiger partial charge in [-0.3, -0.25) is 0 Å². The quantitative estimate of drug-likeness (QED) is 0.606. The summed E-state index contributed by atoms with van der Waals surface area (Å²) >= 11 is 0. The van der Waals surface area contributed by atoms with Gasteiger partial charge in [-0.1, -0.05) is 30.3 Å². The van der Waals surface area contributed by atoms with Crippen molar-refractivity contribution in [3.05, 3.63) is 48.4 Å². The van der Waals surface area contributed by atoms with Gasteiger partial charge in [-0.15, -0.1) is 0 Å². The van der Waals surface area contributed by atoms with Crippen LogP contribution in [0.25, 0.3) is 16.8 Å². The zero-order valence-corrected chi connectivity index (χ0v) is 9.38. The predicted octanol–water partition coefficient (Wildman–Crippen LogP) is 2.65. The lowest BCUT2D eigenvalue weighted by molar-refractivity contribution is 0.918. The number of aryl methyl sites for hydroxylation is 2. The van der Waals surface area contributed by atoms with E-state index in [0.29, 0.717) is 0 Å². The van der Waals surface area contributed by atoms with E-state index in [4.69, 9.17) is 0 Å². The second-order valence-electron chi connectivity index (χ2n) is 4.00. The Morgan fingerprint density at radius 1 is 1.06 bits per heavy atom. The zero-order valence-electron chi connectivity index (χ0n) is 9.38. The van der Waals surface area contributed by atoms with Gasteiger partial charge in [-0.2, -0.15) is 5.10 Å². The summed E-state index contributed by atoms with van der Waals surface area (Å²) in [5.74, 6) is 0. The van der Waals surface area contributed by atoms with Crippen molar-refractivity contribution in [3.63, 3.8) is 0 Å². The Balaban J connectivity index is 2.38. The Morgan fingerprint density at radius 3 is 2.56 bits per heavy atom. The van der Waals surface area contributed by atoms with E-state index in [9.17, 15) is 0 Å². The van der Waals surface area contributed by atoms with Crippen molar-refractivity contribution in [2.24, 2.45) is 7.05 Å². The van der Waals surface area contributed by atoms with Crippen LogP contribution in [0.2, 0.25) is 0 Å². The van der Waals surface area contributed by atoms with Gasteiger partial charge in [-0.25, -0.2) is 4.52 Å². The lowest BCUT2D eigenvalue weighted by Crippen LogP contribution is -1.88. The fourth-order valence-corrected chi connectivity index (χ4v) is 2.15. The first-order valence-corrected chi connectivity index (χ1v) is 5.33. The molecule has 3 heteroatoms. The van der Waals surface area contributed by atoms with E-state index in [1.54, 1.807) is 0 Å². The standard InChI is InChI=1S/C13H13N3/c1-10-12(11-6-4-3-5-7-11)13-15(2)8-9-16(13)14-10/h3-9H,1-2H3. The van der Waals surface area contributed by atoms with Crippen LogP contribution in [0.15, 0.2) is 42.7 Å². The van der Waals surface area contributed by atoms with Gasteiger partial charge >= 0.3 is 0 Å². The summed E-state index contributed by atoms with van der Waals surface area (Å²) < 4.78 is 4.03. The molecule has 0 bridgehead atoms. The Bertz CT molecular complexity index is 632. The molecule has 0 saturated heterocycles. The van der Waals surface area contributed by atoms with Crippen LogP contribution in [0, 0.1) is 6.92 Å². The molecule has 0 unspecified atom stereocenters. The van der Waals surface area contributed by atoms with E-state index < -0.39 is 0 Å². The number of rotatable bonds is 1. The molecular weight excluding hydrogens is 198 g/mol. The van der Waals surface area contributed by atoms with Crippen molar-refractivity contribution in [2.75, 3.05) is 0 Å². The topological polar surface area (TPSA) is 22.2 Å². The van der Waals surface area contributed by atoms with Crippen molar-refractivity contribution in [1.29, 1.82) is 0 Å². The molecule has 3 rings (SSSR count). The second-order valence-corrected chi connectivity index (χ2v) is 4.00. The molecule has 2 aromatic heterocycles. The van der Waals surface area contributed by atoms with Crippen molar-refractivity contribution in [1.82, 2.24) is 14.2 Å². The molecule has 1 aromatic carbocycles. The Kier molecular flexibility index (Phi) is 1.86. The number of hydrogen-bond donors (Lipinski definition) is 0. The van der Waals surface area contributed by atoms with E-state index in [1.807, 2.05) is 30.0 Å². The third-order valence-corrected chi connectivity index (χ3v) is 2.89. The van der Waals surface area contributed by atoms with Crippen molar-refractivity contribution < 1.29 is 0 Å². The van der Waals surface area contributed by atoms with Crippen LogP contribution in [0.5, 0.6) is 0 Å². The molecule has 80 valence electrons. The zero-order chi connectivity index (χ0) is 11.1. The number of hydrogen-bond acceptors (Lipinski definition) is 1. The fraction of sp³-hybridized carbons (Fsp3) is 0.154. The van der Waals surface area contributed by atoms with Crippen LogP contribution in [-0.2, 0) is 7.05 Å². The minimum absolute atomic E-state index is 1.07. The van der Waals surface area contributed by atoms with Crippen LogP contribution in [0.3, 0.4) is 0 Å². The number of fused-ring (bicyclic) bond motifs is 1. The summed E-state index contributed by atoms with van der Waals surface area (Å²) in [4.78, 5) is 0. The molecule has 16 heavy (non-hydrogen) atoms. The van der Waals surface area contributed by atoms with Crippen LogP contribution < -0.4 is 0 Å². The number of aromatic nitrogens is 3. The minimum Gasteiger partial charge on any atom is -0.334 e. The SMILES string of the molecule is Cc1nn2ccn(C)c2c1-c1ccccc1. The summed E-state index contributed by atoms with van der Waals surface area (Å²) in [6, 6.07) is 10.4. The average Bonchev–Trinajstić information content (AvgIpc) is 2.80. The first kappa shape index (κ1) is 9.21. The van der Waals surface area contributed by atoms with Crippen LogP contribution in [-0.4, -0.2) is 14.2 Å². The average molecular weight is 211 g/mol. The molecule has 0 N–H and O–H groups in total. The van der Waals surface area contributed by atoms with Gasteiger partial charge in [0, 0.05) is 25.0 Å². The van der Waals surface area contributed by atoms with Crippen LogP contribution in [0.1, 0.15) is 5.69 Å². The van der Waals surface area contributed by atoms with Gasteiger partial charge in [0.2, 0.25) is 0 Å². The van der Waals surface area contributed by atoms with Gasteiger partial charge < -0.3 is 4.57 Å². The largest absolute Gasteiger partial charge is 0.334 e. The van der Waals surface area contributed by atoms with Crippen molar-refractivity contribution in [2.45, 2.75) is 6.92 Å². The lowest BCUT2D eigenvalue weighted by atomic mass is 10.1. The van der Waals surface area contributed by atoms with E-state index in [0.717, 1.165) is 11.3 Å². The minimum atomic E-state index is 1.07. The third kappa shape index (κ3) is 1.18. The smallest absolute Gasteiger partial charge is 0.143 e. The molecule has 2 heterocycles. The van der Waals surface area contributed by atoms with E-state index in [1.165, 1.54) is 11.1 Å². The monoisotopic (exact) mass is 211 g/mol. The van der Waals surface area contributed by atoms with Crippen molar-refractivity contribution >= 4 is 5.65 Å². The summed E-state index contributed by atoms with van der Waals surface area (Å²) in [5.41, 5.74) is 4.64. The fourth-order valence-electron chi connectivity index (χ4n) is 2.15. The molecule has 3 nitrogen and oxygen atoms in total. The highest BCUT2D eigenvalue weighted by Crippen LogP contribution is 2.27. The molecule has 0 spiro atoms. The Labute approximate surface area is 93.9 Å². The summed E-state index contributed by atoms with van der Waals surface area (Å²) in [5, 5.41) is 4.51. The normalized spacial score (nSPS) is 11.1. The molecule has 3 aromatic rings. The highest BCUT2D eigenvalue weighted by atomic mass is 15.3. The maximum absolute atomic E-state index is 4.51. The van der Waals surface area contributed by atoms with E-state index in [2.05, 4.69) is 40.9 Å². The molecule has 0 aliphatic heterocycles. The molecule has 0 aliphatic rings. The van der Waals surface area contributed by atoms with E-state index in [-0.39, 0.29) is 0 Å². The first-order chi connectivity index (χ1) is 7.77. The Hall–Kier alpha value is -2.03. The van der Waals surface area contributed by atoms with Crippen LogP contribution >= 0.6 is 0 Å². The molecule has 0 aliphatic carbocycles. The highest BCUT2D eigenvalue weighted by Gasteiger charge is 2.13. The molecule has 0 amide bonds. The van der Waals surface area contributed by atoms with E-state index >= 15 is 0 Å². The molecule has 0 radical (unpaired) electrons. The van der Waals surface area contributed by atoms with Gasteiger partial charge in [-0.05, 0) is 12.5 Å². The number of benzene rings is 1. The van der Waals surface area contributed by atoms with Gasteiger partial charge in [0.05, 0.1) is 5.69 Å². The summed E-state index contributed by atoms with van der Waals surface area (Å²) in [6.45, 7) is 2.05. The van der Waals surface area contributed by atoms with Gasteiger partial charge in [0.25, 0.3) is 0 Å². The molecule has 0 fully saturated rings. The molecule has 0 saturated carbocycles. The maximum atomic E-state index is 4.51. The van der Waals surface area contributed by atoms with Gasteiger partial charge in [0.1, 0.15) is 5.65 Å². The summed E-state index contributed by atoms with van der Waals surface area (Å²) in [6.07, 6.45) is 4.00. The predicted molar refractivity (Wildman–Crippen MR) is 64.3 cm³/mol. The first-order valence-electron chi connectivity index (χ1n) is 5.33. The highest BCUT2D eigenvalue weighted by molar-refractivity contribution is 5.80. The van der Waals surface area contributed by atoms with Crippen LogP contribution in [0.4, 0.5) is 0 Å². The third-order valence-electron chi connectivity index (χ3n) is 2.89. The Morgan fingerprint density at radius 2 is 1.81 bits per heavy atom. The second kappa shape index (κ2) is 3.23.